The molecule has 1 amide bonds. The molecule has 2 rings (SSSR count). The molecule has 0 aromatic heterocycles. The summed E-state index contributed by atoms with van der Waals surface area (Å²) in [7, 11) is 0. The number of carbonyl (C=O) groups is 3. The molecule has 0 saturated carbocycles. The van der Waals surface area contributed by atoms with E-state index in [1.807, 2.05) is 0 Å². The van der Waals surface area contributed by atoms with Gasteiger partial charge in [0.1, 0.15) is 0 Å². The van der Waals surface area contributed by atoms with E-state index in [9.17, 15) is 14.4 Å². The zero-order valence-corrected chi connectivity index (χ0v) is 21.9. The van der Waals surface area contributed by atoms with Crippen LogP contribution in [0.1, 0.15) is 76.6 Å². The fourth-order valence-corrected chi connectivity index (χ4v) is 10.1. The molecule has 1 aliphatic rings. The maximum absolute atomic E-state index is 13.3. The Kier molecular flexibility index (Phi) is 9.93. The molecule has 1 heterocycles. The number of allylic oxidation sites excluding steroid dienone is 2. The van der Waals surface area contributed by atoms with Crippen molar-refractivity contribution in [3.05, 3.63) is 41.0 Å². The summed E-state index contributed by atoms with van der Waals surface area (Å²) in [6.07, 6.45) is 6.05. The summed E-state index contributed by atoms with van der Waals surface area (Å²) in [5.74, 6) is -0.107. The molecule has 0 aliphatic carbocycles. The van der Waals surface area contributed by atoms with Crippen LogP contribution >= 0.6 is 18.0 Å². The van der Waals surface area contributed by atoms with Crippen molar-refractivity contribution in [3.8, 4) is 0 Å². The summed E-state index contributed by atoms with van der Waals surface area (Å²) in [5.41, 5.74) is 5.74. The third kappa shape index (κ3) is 6.21. The third-order valence-electron chi connectivity index (χ3n) is 5.63. The minimum atomic E-state index is -3.56. The zero-order valence-electron chi connectivity index (χ0n) is 19.7. The second kappa shape index (κ2) is 12.2. The van der Waals surface area contributed by atoms with Crippen molar-refractivity contribution in [3.63, 3.8) is 0 Å². The number of amides is 1. The van der Waals surface area contributed by atoms with E-state index in [-0.39, 0.29) is 13.5 Å². The first-order chi connectivity index (χ1) is 15.3. The van der Waals surface area contributed by atoms with Gasteiger partial charge in [-0.25, -0.2) is 0 Å². The fraction of sp³-hybridized carbons (Fsp3) is 0.480. The Hall–Kier alpha value is -2.16. The average molecular weight is 553 g/mol. The fourth-order valence-electron chi connectivity index (χ4n) is 3.34. The van der Waals surface area contributed by atoms with E-state index in [1.54, 1.807) is 38.1 Å². The van der Waals surface area contributed by atoms with E-state index >= 15 is 0 Å². The number of carbonyl (C=O) groups excluding carboxylic acids is 3. The Labute approximate surface area is 195 Å². The first kappa shape index (κ1) is 26.1. The van der Waals surface area contributed by atoms with Crippen molar-refractivity contribution in [2.45, 2.75) is 66.2 Å². The molecule has 1 atom stereocenters. The van der Waals surface area contributed by atoms with E-state index in [4.69, 9.17) is 0 Å². The van der Waals surface area contributed by atoms with Crippen molar-refractivity contribution in [2.75, 3.05) is 16.4 Å². The molecule has 1 aromatic carbocycles. The van der Waals surface area contributed by atoms with Gasteiger partial charge in [-0.1, -0.05) is 13.3 Å². The van der Waals surface area contributed by atoms with Gasteiger partial charge < -0.3 is 0 Å². The van der Waals surface area contributed by atoms with E-state index in [0.717, 1.165) is 38.5 Å². The number of hydrogen-bond donors (Lipinski definition) is 2. The van der Waals surface area contributed by atoms with Crippen LogP contribution in [0.5, 0.6) is 0 Å². The number of halogens is 1. The van der Waals surface area contributed by atoms with Gasteiger partial charge in [-0.3, -0.25) is 0 Å². The van der Waals surface area contributed by atoms with E-state index < -0.39 is 18.0 Å². The number of rotatable bonds is 11. The molecule has 1 aliphatic heterocycles. The molecule has 0 radical (unpaired) electrons. The van der Waals surface area contributed by atoms with Crippen LogP contribution in [0.25, 0.3) is 0 Å². The number of hydrogen-bond acceptors (Lipinski definition) is 5. The number of alkyl halides is 1. The van der Waals surface area contributed by atoms with Gasteiger partial charge in [-0.2, -0.15) is 0 Å². The molecule has 6 nitrogen and oxygen atoms in total. The van der Waals surface area contributed by atoms with Gasteiger partial charge in [-0.15, -0.1) is 0 Å². The number of anilines is 1. The second-order valence-electron chi connectivity index (χ2n) is 8.12. The number of benzene rings is 1. The molecule has 32 heavy (non-hydrogen) atoms. The maximum atomic E-state index is 13.3. The molecular formula is C25H36IN3O3. The number of nitrogens with zero attached hydrogens (tertiary/aromatic N) is 1. The molecule has 0 spiro atoms. The van der Waals surface area contributed by atoms with Gasteiger partial charge in [-0.05, 0) is 0 Å². The van der Waals surface area contributed by atoms with Crippen LogP contribution in [-0.2, 0) is 9.59 Å². The van der Waals surface area contributed by atoms with Crippen molar-refractivity contribution in [2.24, 2.45) is 5.10 Å². The summed E-state index contributed by atoms with van der Waals surface area (Å²) in [6.45, 7) is 8.42. The van der Waals surface area contributed by atoms with Crippen LogP contribution < -0.4 is 10.7 Å². The Morgan fingerprint density at radius 2 is 1.59 bits per heavy atom. The SMILES string of the molecule is C=I1(CCCCCC)C(=O)C(=NNc2ccc(C(=O)NCCCC)cc2)C(C)=C(C)C1=O. The second-order valence-corrected chi connectivity index (χ2v) is 15.8. The minimum absolute atomic E-state index is 0.0201. The summed E-state index contributed by atoms with van der Waals surface area (Å²) in [6, 6.07) is 6.96. The average Bonchev–Trinajstić information content (AvgIpc) is 2.80. The van der Waals surface area contributed by atoms with Gasteiger partial charge >= 0.3 is 182 Å². The van der Waals surface area contributed by atoms with Crippen LogP contribution in [0.3, 0.4) is 0 Å². The first-order valence-electron chi connectivity index (χ1n) is 11.3. The molecule has 2 N–H and O–H groups in total. The predicted molar refractivity (Wildman–Crippen MR) is 143 cm³/mol. The molecule has 0 fully saturated rings. The summed E-state index contributed by atoms with van der Waals surface area (Å²) in [5, 5.41) is 7.27. The van der Waals surface area contributed by atoms with Gasteiger partial charge in [0, 0.05) is 0 Å². The monoisotopic (exact) mass is 553 g/mol. The van der Waals surface area contributed by atoms with E-state index in [0.29, 0.717) is 39.1 Å². The quantitative estimate of drug-likeness (QED) is 0.126. The summed E-state index contributed by atoms with van der Waals surface area (Å²) < 4.78 is 4.67. The Morgan fingerprint density at radius 3 is 2.22 bits per heavy atom. The van der Waals surface area contributed by atoms with Crippen LogP contribution in [0.2, 0.25) is 0 Å². The van der Waals surface area contributed by atoms with Crippen LogP contribution in [0.15, 0.2) is 40.5 Å². The molecule has 1 aromatic rings. The van der Waals surface area contributed by atoms with Crippen molar-refractivity contribution < 1.29 is 14.4 Å². The molecular weight excluding hydrogens is 517 g/mol. The Bertz CT molecular complexity index is 961. The van der Waals surface area contributed by atoms with Crippen LogP contribution in [0.4, 0.5) is 5.69 Å². The number of hydrazone groups is 1. The Morgan fingerprint density at radius 1 is 0.938 bits per heavy atom. The Balaban J connectivity index is 2.16. The van der Waals surface area contributed by atoms with Crippen molar-refractivity contribution in [1.82, 2.24) is 5.32 Å². The van der Waals surface area contributed by atoms with E-state index in [2.05, 4.69) is 34.2 Å². The third-order valence-corrected chi connectivity index (χ3v) is 13.3. The van der Waals surface area contributed by atoms with Crippen molar-refractivity contribution in [1.29, 1.82) is 0 Å². The predicted octanol–water partition coefficient (Wildman–Crippen LogP) is 5.44. The summed E-state index contributed by atoms with van der Waals surface area (Å²) in [4.78, 5) is 38.4. The zero-order chi connectivity index (χ0) is 23.7. The molecule has 1 unspecified atom stereocenters. The normalized spacial score (nSPS) is 22.1. The van der Waals surface area contributed by atoms with Gasteiger partial charge in [0.25, 0.3) is 0 Å². The molecule has 0 bridgehead atoms. The number of unbranched alkanes of at least 4 members (excludes halogenated alkanes) is 4. The van der Waals surface area contributed by atoms with Crippen LogP contribution in [-0.4, -0.2) is 34.7 Å². The van der Waals surface area contributed by atoms with Crippen molar-refractivity contribution >= 4 is 47.4 Å². The van der Waals surface area contributed by atoms with E-state index in [1.165, 1.54) is 0 Å². The van der Waals surface area contributed by atoms with Gasteiger partial charge in [0.2, 0.25) is 0 Å². The standard InChI is InChI=1S/C25H36IN3O3/c1-6-8-10-11-16-26(5)23(30)19(4)18(3)22(24(26)31)29-28-21-14-12-20(13-15-21)25(32)27-17-9-7-2/h12-15,28H,5-11,16-17H2,1-4H3,(H,27,32). The molecule has 176 valence electrons. The summed E-state index contributed by atoms with van der Waals surface area (Å²) >= 11 is -3.56. The topological polar surface area (TPSA) is 87.6 Å². The molecule has 7 heteroatoms. The first-order valence-corrected chi connectivity index (χ1v) is 16.5. The molecule has 0 saturated heterocycles. The van der Waals surface area contributed by atoms with Gasteiger partial charge in [0.15, 0.2) is 0 Å². The van der Waals surface area contributed by atoms with Crippen LogP contribution in [0, 0.1) is 0 Å². The van der Waals surface area contributed by atoms with Gasteiger partial charge in [0.05, 0.1) is 0 Å². The number of nitrogens with one attached hydrogen (secondary N) is 2.